The van der Waals surface area contributed by atoms with E-state index in [0.29, 0.717) is 0 Å². The lowest BCUT2D eigenvalue weighted by Crippen LogP contribution is -2.23. The highest BCUT2D eigenvalue weighted by molar-refractivity contribution is 5.44. The average Bonchev–Trinajstić information content (AvgIpc) is 3.22. The molecular weight excluding hydrogens is 332 g/mol. The average molecular weight is 367 g/mol. The third-order valence-electron chi connectivity index (χ3n) is 5.62. The Balaban J connectivity index is 1.64. The number of benzene rings is 1. The summed E-state index contributed by atoms with van der Waals surface area (Å²) in [4.78, 5) is 0. The van der Waals surface area contributed by atoms with Crippen LogP contribution in [-0.2, 0) is 40.0 Å². The minimum atomic E-state index is 1.08. The molecule has 0 radical (unpaired) electrons. The van der Waals surface area contributed by atoms with Gasteiger partial charge in [0, 0.05) is 0 Å². The molecule has 0 aliphatic carbocycles. The molecule has 3 rings (SSSR count). The van der Waals surface area contributed by atoms with Crippen molar-refractivity contribution in [2.75, 3.05) is 0 Å². The molecule has 4 nitrogen and oxygen atoms in total. The Kier molecular flexibility index (Phi) is 6.15. The van der Waals surface area contributed by atoms with Crippen LogP contribution in [0.25, 0.3) is 0 Å². The molecule has 27 heavy (non-hydrogen) atoms. The van der Waals surface area contributed by atoms with Gasteiger partial charge in [-0.3, -0.25) is 0 Å². The molecule has 4 heteroatoms. The maximum atomic E-state index is 2.39. The Hall–Kier alpha value is -2.36. The van der Waals surface area contributed by atoms with Crippen LogP contribution in [0.2, 0.25) is 0 Å². The van der Waals surface area contributed by atoms with Gasteiger partial charge in [-0.25, -0.2) is 18.3 Å². The third kappa shape index (κ3) is 4.88. The van der Waals surface area contributed by atoms with E-state index >= 15 is 0 Å². The highest BCUT2D eigenvalue weighted by Gasteiger charge is 2.12. The Bertz CT molecular complexity index is 831. The molecule has 0 fully saturated rings. The monoisotopic (exact) mass is 366 g/mol. The van der Waals surface area contributed by atoms with Crippen LogP contribution in [0, 0.1) is 20.8 Å². The zero-order valence-electron chi connectivity index (χ0n) is 17.6. The molecule has 2 aromatic heterocycles. The molecule has 0 aliphatic heterocycles. The minimum Gasteiger partial charge on any atom is -0.240 e. The van der Waals surface area contributed by atoms with E-state index in [2.05, 4.69) is 96.6 Å². The lowest BCUT2D eigenvalue weighted by Gasteiger charge is -2.17. The minimum absolute atomic E-state index is 1.08. The van der Waals surface area contributed by atoms with Crippen LogP contribution in [-0.4, -0.2) is 9.13 Å². The largest absolute Gasteiger partial charge is 0.243 e. The lowest BCUT2D eigenvalue weighted by atomic mass is 9.89. The molecule has 0 aliphatic rings. The first-order chi connectivity index (χ1) is 12.9. The first-order valence-electron chi connectivity index (χ1n) is 10.0. The van der Waals surface area contributed by atoms with Crippen LogP contribution in [0.5, 0.6) is 0 Å². The molecule has 0 saturated carbocycles. The van der Waals surface area contributed by atoms with Gasteiger partial charge in [-0.2, -0.15) is 0 Å². The summed E-state index contributed by atoms with van der Waals surface area (Å²) in [6, 6.07) is 2.39. The highest BCUT2D eigenvalue weighted by Crippen LogP contribution is 2.25. The van der Waals surface area contributed by atoms with E-state index in [1.807, 2.05) is 0 Å². The van der Waals surface area contributed by atoms with Crippen LogP contribution < -0.4 is 9.13 Å². The van der Waals surface area contributed by atoms with Gasteiger partial charge in [0.1, 0.15) is 24.8 Å². The second-order valence-corrected chi connectivity index (χ2v) is 7.93. The predicted molar refractivity (Wildman–Crippen MR) is 109 cm³/mol. The van der Waals surface area contributed by atoms with Crippen molar-refractivity contribution in [1.29, 1.82) is 0 Å². The molecule has 144 valence electrons. The zero-order chi connectivity index (χ0) is 19.4. The number of rotatable bonds is 8. The van der Waals surface area contributed by atoms with Crippen molar-refractivity contribution in [3.8, 4) is 0 Å². The fourth-order valence-corrected chi connectivity index (χ4v) is 4.19. The third-order valence-corrected chi connectivity index (χ3v) is 5.62. The van der Waals surface area contributed by atoms with Crippen LogP contribution in [0.15, 0.2) is 43.5 Å². The molecule has 0 spiro atoms. The number of imidazole rings is 2. The Morgan fingerprint density at radius 1 is 0.741 bits per heavy atom. The molecule has 0 N–H and O–H groups in total. The second kappa shape index (κ2) is 8.55. The molecule has 0 atom stereocenters. The first kappa shape index (κ1) is 19.4. The number of nitrogens with zero attached hydrogens (tertiary/aromatic N) is 4. The van der Waals surface area contributed by atoms with Crippen LogP contribution in [0.1, 0.15) is 40.7 Å². The standard InChI is InChI=1S/C23H34N4/c1-19-16-20(2)23(9-7-11-27-15-13-25(5)18-27)21(3)22(19)8-6-10-26-14-12-24(4)17-26/h12-18H,6-11H2,1-5H3/q+2. The smallest absolute Gasteiger partial charge is 0.240 e. The fourth-order valence-electron chi connectivity index (χ4n) is 4.19. The van der Waals surface area contributed by atoms with Gasteiger partial charge in [-0.15, -0.1) is 0 Å². The van der Waals surface area contributed by atoms with Crippen molar-refractivity contribution in [2.45, 2.75) is 59.5 Å². The summed E-state index contributed by atoms with van der Waals surface area (Å²) in [6.45, 7) is 9.03. The lowest BCUT2D eigenvalue weighted by molar-refractivity contribution is -0.671. The number of aryl methyl sites for hydroxylation is 6. The molecule has 1 aromatic carbocycles. The van der Waals surface area contributed by atoms with E-state index in [-0.39, 0.29) is 0 Å². The molecule has 0 bridgehead atoms. The topological polar surface area (TPSA) is 17.6 Å². The van der Waals surface area contributed by atoms with Gasteiger partial charge >= 0.3 is 0 Å². The molecule has 2 heterocycles. The van der Waals surface area contributed by atoms with Gasteiger partial charge in [-0.05, 0) is 74.3 Å². The van der Waals surface area contributed by atoms with Gasteiger partial charge in [0.2, 0.25) is 12.7 Å². The van der Waals surface area contributed by atoms with Gasteiger partial charge in [0.15, 0.2) is 0 Å². The van der Waals surface area contributed by atoms with E-state index in [1.165, 1.54) is 29.5 Å². The quantitative estimate of drug-likeness (QED) is 0.545. The van der Waals surface area contributed by atoms with Crippen LogP contribution in [0.4, 0.5) is 0 Å². The van der Waals surface area contributed by atoms with E-state index in [0.717, 1.165) is 25.9 Å². The molecule has 3 aromatic rings. The normalized spacial score (nSPS) is 11.3. The Morgan fingerprint density at radius 2 is 1.19 bits per heavy atom. The van der Waals surface area contributed by atoms with Crippen molar-refractivity contribution < 1.29 is 9.13 Å². The van der Waals surface area contributed by atoms with E-state index in [4.69, 9.17) is 0 Å². The predicted octanol–water partition coefficient (Wildman–Crippen LogP) is 3.13. The SMILES string of the molecule is Cc1cc(C)c(CCCn2cc[n+](C)c2)c(C)c1CCCn1cc[n+](C)c1. The zero-order valence-corrected chi connectivity index (χ0v) is 17.6. The summed E-state index contributed by atoms with van der Waals surface area (Å²) in [6.07, 6.45) is 17.5. The van der Waals surface area contributed by atoms with Gasteiger partial charge in [0.05, 0.1) is 27.2 Å². The summed E-state index contributed by atoms with van der Waals surface area (Å²) < 4.78 is 8.75. The number of aromatic nitrogens is 4. The van der Waals surface area contributed by atoms with Crippen LogP contribution in [0.3, 0.4) is 0 Å². The van der Waals surface area contributed by atoms with Gasteiger partial charge in [0.25, 0.3) is 0 Å². The van der Waals surface area contributed by atoms with E-state index < -0.39 is 0 Å². The van der Waals surface area contributed by atoms with Crippen LogP contribution >= 0.6 is 0 Å². The van der Waals surface area contributed by atoms with Crippen molar-refractivity contribution in [3.05, 3.63) is 71.3 Å². The molecule has 0 amide bonds. The summed E-state index contributed by atoms with van der Waals surface area (Å²) in [5, 5.41) is 0. The maximum Gasteiger partial charge on any atom is 0.243 e. The summed E-state index contributed by atoms with van der Waals surface area (Å²) >= 11 is 0. The Morgan fingerprint density at radius 3 is 1.56 bits per heavy atom. The fraction of sp³-hybridized carbons (Fsp3) is 0.478. The molecule has 0 saturated heterocycles. The van der Waals surface area contributed by atoms with Crippen molar-refractivity contribution in [1.82, 2.24) is 9.13 Å². The second-order valence-electron chi connectivity index (χ2n) is 7.93. The first-order valence-corrected chi connectivity index (χ1v) is 10.0. The van der Waals surface area contributed by atoms with Crippen molar-refractivity contribution >= 4 is 0 Å². The Labute approximate surface area is 163 Å². The summed E-state index contributed by atoms with van der Waals surface area (Å²) in [7, 11) is 4.15. The van der Waals surface area contributed by atoms with Gasteiger partial charge in [-0.1, -0.05) is 6.07 Å². The molecule has 0 unspecified atom stereocenters. The van der Waals surface area contributed by atoms with Crippen molar-refractivity contribution in [3.63, 3.8) is 0 Å². The maximum absolute atomic E-state index is 2.39. The van der Waals surface area contributed by atoms with Gasteiger partial charge < -0.3 is 0 Å². The highest BCUT2D eigenvalue weighted by atomic mass is 15.1. The molecular formula is C23H34N4+2. The van der Waals surface area contributed by atoms with E-state index in [9.17, 15) is 0 Å². The van der Waals surface area contributed by atoms with E-state index in [1.54, 1.807) is 11.1 Å². The summed E-state index contributed by atoms with van der Waals surface area (Å²) in [5.74, 6) is 0. The van der Waals surface area contributed by atoms with Crippen molar-refractivity contribution in [2.24, 2.45) is 14.1 Å². The number of hydrogen-bond donors (Lipinski definition) is 0. The number of hydrogen-bond acceptors (Lipinski definition) is 0. The summed E-state index contributed by atoms with van der Waals surface area (Å²) in [5.41, 5.74) is 7.52.